The van der Waals surface area contributed by atoms with Crippen molar-refractivity contribution in [3.63, 3.8) is 0 Å². The first-order valence-corrected chi connectivity index (χ1v) is 11.4. The number of amides is 2. The quantitative estimate of drug-likeness (QED) is 0.400. The Kier molecular flexibility index (Phi) is 7.59. The lowest BCUT2D eigenvalue weighted by molar-refractivity contribution is -0.119. The third-order valence-electron chi connectivity index (χ3n) is 4.53. The highest BCUT2D eigenvalue weighted by molar-refractivity contribution is 7.92. The van der Waals surface area contributed by atoms with Crippen molar-refractivity contribution in [2.24, 2.45) is 5.73 Å². The van der Waals surface area contributed by atoms with Gasteiger partial charge in [0, 0.05) is 16.9 Å². The first-order chi connectivity index (χ1) is 16.2. The van der Waals surface area contributed by atoms with Gasteiger partial charge < -0.3 is 25.3 Å². The predicted molar refractivity (Wildman–Crippen MR) is 126 cm³/mol. The van der Waals surface area contributed by atoms with Crippen molar-refractivity contribution >= 4 is 33.2 Å². The van der Waals surface area contributed by atoms with Crippen LogP contribution in [-0.4, -0.2) is 41.1 Å². The predicted octanol–water partition coefficient (Wildman–Crippen LogP) is 2.62. The van der Waals surface area contributed by atoms with Crippen molar-refractivity contribution in [2.45, 2.75) is 4.90 Å². The molecule has 0 unspecified atom stereocenters. The van der Waals surface area contributed by atoms with Gasteiger partial charge in [-0.1, -0.05) is 6.07 Å². The molecule has 0 aliphatic heterocycles. The molecule has 0 atom stereocenters. The summed E-state index contributed by atoms with van der Waals surface area (Å²) in [7, 11) is -1.20. The Morgan fingerprint density at radius 2 is 1.59 bits per heavy atom. The molecule has 0 saturated carbocycles. The number of hydrogen-bond donors (Lipinski definition) is 3. The van der Waals surface area contributed by atoms with E-state index in [2.05, 4.69) is 10.0 Å². The Balaban J connectivity index is 1.82. The summed E-state index contributed by atoms with van der Waals surface area (Å²) in [4.78, 5) is 23.4. The number of primary amides is 1. The van der Waals surface area contributed by atoms with Gasteiger partial charge in [-0.2, -0.15) is 0 Å². The Morgan fingerprint density at radius 1 is 0.882 bits per heavy atom. The Hall–Kier alpha value is -4.25. The lowest BCUT2D eigenvalue weighted by atomic mass is 10.2. The lowest BCUT2D eigenvalue weighted by Crippen LogP contribution is -2.20. The van der Waals surface area contributed by atoms with Crippen LogP contribution in [0.25, 0.3) is 0 Å². The molecule has 3 rings (SSSR count). The van der Waals surface area contributed by atoms with E-state index in [1.165, 1.54) is 38.5 Å². The molecule has 3 aromatic carbocycles. The molecule has 0 radical (unpaired) electrons. The highest BCUT2D eigenvalue weighted by atomic mass is 32.2. The molecular formula is C23H23N3O7S. The average molecular weight is 486 g/mol. The second-order valence-electron chi connectivity index (χ2n) is 6.94. The maximum Gasteiger partial charge on any atom is 0.265 e. The molecule has 0 aliphatic carbocycles. The number of anilines is 2. The number of methoxy groups -OCH3 is 2. The minimum atomic E-state index is -4.05. The molecule has 0 bridgehead atoms. The third-order valence-corrected chi connectivity index (χ3v) is 5.93. The number of rotatable bonds is 10. The molecule has 34 heavy (non-hydrogen) atoms. The molecular weight excluding hydrogens is 462 g/mol. The van der Waals surface area contributed by atoms with Crippen molar-refractivity contribution in [2.75, 3.05) is 30.9 Å². The summed E-state index contributed by atoms with van der Waals surface area (Å²) in [5.74, 6) is -0.199. The van der Waals surface area contributed by atoms with Gasteiger partial charge in [0.25, 0.3) is 21.8 Å². The van der Waals surface area contributed by atoms with Gasteiger partial charge in [0.05, 0.1) is 14.2 Å². The monoisotopic (exact) mass is 485 g/mol. The van der Waals surface area contributed by atoms with E-state index < -0.39 is 21.8 Å². The van der Waals surface area contributed by atoms with Gasteiger partial charge in [0.2, 0.25) is 0 Å². The van der Waals surface area contributed by atoms with E-state index in [0.29, 0.717) is 11.4 Å². The van der Waals surface area contributed by atoms with Gasteiger partial charge >= 0.3 is 0 Å². The second-order valence-corrected chi connectivity index (χ2v) is 8.59. The molecule has 2 amide bonds. The van der Waals surface area contributed by atoms with Crippen LogP contribution in [0.4, 0.5) is 11.4 Å². The van der Waals surface area contributed by atoms with Crippen molar-refractivity contribution in [1.82, 2.24) is 0 Å². The summed E-state index contributed by atoms with van der Waals surface area (Å²) in [5.41, 5.74) is 5.85. The van der Waals surface area contributed by atoms with E-state index in [4.69, 9.17) is 19.9 Å². The number of carbonyl (C=O) groups excluding carboxylic acids is 2. The summed E-state index contributed by atoms with van der Waals surface area (Å²) < 4.78 is 44.0. The zero-order valence-corrected chi connectivity index (χ0v) is 19.2. The van der Waals surface area contributed by atoms with E-state index in [1.54, 1.807) is 42.5 Å². The van der Waals surface area contributed by atoms with E-state index in [0.717, 1.165) is 0 Å². The van der Waals surface area contributed by atoms with E-state index in [-0.39, 0.29) is 34.3 Å². The number of sulfonamides is 1. The topological polar surface area (TPSA) is 146 Å². The van der Waals surface area contributed by atoms with Gasteiger partial charge in [-0.3, -0.25) is 14.3 Å². The highest BCUT2D eigenvalue weighted by Gasteiger charge is 2.21. The van der Waals surface area contributed by atoms with Crippen LogP contribution in [0, 0.1) is 0 Å². The molecule has 0 aliphatic rings. The zero-order valence-electron chi connectivity index (χ0n) is 18.4. The van der Waals surface area contributed by atoms with Gasteiger partial charge in [0.15, 0.2) is 6.61 Å². The average Bonchev–Trinajstić information content (AvgIpc) is 2.83. The van der Waals surface area contributed by atoms with Crippen LogP contribution in [-0.2, 0) is 14.8 Å². The molecule has 178 valence electrons. The number of benzene rings is 3. The molecule has 0 heterocycles. The molecule has 0 spiro atoms. The number of nitrogens with two attached hydrogens (primary N) is 1. The van der Waals surface area contributed by atoms with Crippen LogP contribution in [0.3, 0.4) is 0 Å². The normalized spacial score (nSPS) is 10.8. The van der Waals surface area contributed by atoms with Crippen LogP contribution in [0.15, 0.2) is 71.6 Å². The van der Waals surface area contributed by atoms with Gasteiger partial charge in [0.1, 0.15) is 22.1 Å². The molecule has 11 heteroatoms. The van der Waals surface area contributed by atoms with Crippen LogP contribution in [0.5, 0.6) is 17.2 Å². The van der Waals surface area contributed by atoms with Crippen LogP contribution < -0.4 is 30.0 Å². The zero-order chi connectivity index (χ0) is 24.7. The van der Waals surface area contributed by atoms with E-state index >= 15 is 0 Å². The van der Waals surface area contributed by atoms with Crippen molar-refractivity contribution in [3.8, 4) is 17.2 Å². The molecule has 0 aromatic heterocycles. The van der Waals surface area contributed by atoms with E-state index in [1.807, 2.05) is 0 Å². The summed E-state index contributed by atoms with van der Waals surface area (Å²) in [5, 5.41) is 2.64. The molecule has 3 aromatic rings. The second kappa shape index (κ2) is 10.6. The van der Waals surface area contributed by atoms with Crippen LogP contribution >= 0.6 is 0 Å². The maximum absolute atomic E-state index is 13.0. The van der Waals surface area contributed by atoms with Gasteiger partial charge in [-0.25, -0.2) is 8.42 Å². The summed E-state index contributed by atoms with van der Waals surface area (Å²) in [6.07, 6.45) is 0. The summed E-state index contributed by atoms with van der Waals surface area (Å²) in [6.45, 7) is -0.327. The van der Waals surface area contributed by atoms with Crippen molar-refractivity contribution in [3.05, 3.63) is 72.3 Å². The first kappa shape index (κ1) is 24.4. The van der Waals surface area contributed by atoms with E-state index in [9.17, 15) is 18.0 Å². The minimum Gasteiger partial charge on any atom is -0.497 e. The number of hydrogen-bond acceptors (Lipinski definition) is 7. The van der Waals surface area contributed by atoms with Gasteiger partial charge in [-0.15, -0.1) is 0 Å². The largest absolute Gasteiger partial charge is 0.497 e. The first-order valence-electron chi connectivity index (χ1n) is 9.89. The fourth-order valence-corrected chi connectivity index (χ4v) is 4.17. The van der Waals surface area contributed by atoms with Gasteiger partial charge in [-0.05, 0) is 60.7 Å². The SMILES string of the molecule is COc1ccc(NS(=O)(=O)c2cc(NC(=O)c3cccc(OCC(N)=O)c3)ccc2OC)cc1. The standard InChI is InChI=1S/C23H23N3O7S/c1-31-18-9-6-16(7-10-18)26-34(29,30)21-13-17(8-11-20(21)32-2)25-23(28)15-4-3-5-19(12-15)33-14-22(24)27/h3-13,26H,14H2,1-2H3,(H2,24,27)(H,25,28). The number of carbonyl (C=O) groups is 2. The summed E-state index contributed by atoms with van der Waals surface area (Å²) in [6, 6.07) is 16.7. The third kappa shape index (κ3) is 6.17. The fourth-order valence-electron chi connectivity index (χ4n) is 2.92. The highest BCUT2D eigenvalue weighted by Crippen LogP contribution is 2.29. The van der Waals surface area contributed by atoms with Crippen LogP contribution in [0.2, 0.25) is 0 Å². The van der Waals surface area contributed by atoms with Crippen molar-refractivity contribution < 1.29 is 32.2 Å². The summed E-state index contributed by atoms with van der Waals surface area (Å²) >= 11 is 0. The Labute approximate surface area is 196 Å². The molecule has 0 saturated heterocycles. The lowest BCUT2D eigenvalue weighted by Gasteiger charge is -2.14. The fraction of sp³-hybridized carbons (Fsp3) is 0.130. The maximum atomic E-state index is 13.0. The Morgan fingerprint density at radius 3 is 2.24 bits per heavy atom. The molecule has 10 nitrogen and oxygen atoms in total. The van der Waals surface area contributed by atoms with Crippen LogP contribution in [0.1, 0.15) is 10.4 Å². The minimum absolute atomic E-state index is 0.0980. The number of ether oxygens (including phenoxy) is 3. The molecule has 4 N–H and O–H groups in total. The Bertz CT molecular complexity index is 1290. The smallest absolute Gasteiger partial charge is 0.265 e. The van der Waals surface area contributed by atoms with Crippen molar-refractivity contribution in [1.29, 1.82) is 0 Å². The molecule has 0 fully saturated rings. The number of nitrogens with one attached hydrogen (secondary N) is 2.